The van der Waals surface area contributed by atoms with Gasteiger partial charge < -0.3 is 14.4 Å². The van der Waals surface area contributed by atoms with Gasteiger partial charge in [-0.1, -0.05) is 0 Å². The minimum absolute atomic E-state index is 0.147. The first-order chi connectivity index (χ1) is 13.1. The summed E-state index contributed by atoms with van der Waals surface area (Å²) < 4.78 is 12.1. The van der Waals surface area contributed by atoms with Gasteiger partial charge in [0.2, 0.25) is 6.79 Å². The number of benzene rings is 1. The van der Waals surface area contributed by atoms with Crippen LogP contribution in [0.25, 0.3) is 5.69 Å². The van der Waals surface area contributed by atoms with E-state index in [-0.39, 0.29) is 29.7 Å². The zero-order valence-electron chi connectivity index (χ0n) is 15.0. The van der Waals surface area contributed by atoms with Crippen LogP contribution in [0.5, 0.6) is 11.5 Å². The number of carbonyl (C=O) groups excluding carboxylic acids is 1. The molecule has 0 bridgehead atoms. The van der Waals surface area contributed by atoms with E-state index in [4.69, 9.17) is 14.7 Å². The molecule has 0 radical (unpaired) electrons. The molecular formula is C20H19N3O4. The van der Waals surface area contributed by atoms with Gasteiger partial charge in [0.25, 0.3) is 11.5 Å². The van der Waals surface area contributed by atoms with Crippen molar-refractivity contribution in [3.63, 3.8) is 0 Å². The quantitative estimate of drug-likeness (QED) is 0.815. The third kappa shape index (κ3) is 3.04. The second-order valence-electron chi connectivity index (χ2n) is 6.81. The lowest BCUT2D eigenvalue weighted by molar-refractivity contribution is 0.0696. The highest BCUT2D eigenvalue weighted by atomic mass is 16.7. The van der Waals surface area contributed by atoms with Crippen molar-refractivity contribution in [2.24, 2.45) is 5.92 Å². The molecule has 0 aliphatic carbocycles. The van der Waals surface area contributed by atoms with Crippen molar-refractivity contribution in [1.82, 2.24) is 9.47 Å². The van der Waals surface area contributed by atoms with Crippen LogP contribution in [0.4, 0.5) is 0 Å². The topological polar surface area (TPSA) is 84.6 Å². The number of aryl methyl sites for hydroxylation is 1. The fourth-order valence-electron chi connectivity index (χ4n) is 3.55. The van der Waals surface area contributed by atoms with Crippen molar-refractivity contribution in [1.29, 1.82) is 5.26 Å². The highest BCUT2D eigenvalue weighted by molar-refractivity contribution is 5.95. The average molecular weight is 365 g/mol. The Hall–Kier alpha value is -3.27. The smallest absolute Gasteiger partial charge is 0.268 e. The van der Waals surface area contributed by atoms with Crippen molar-refractivity contribution in [2.45, 2.75) is 19.8 Å². The zero-order valence-corrected chi connectivity index (χ0v) is 15.0. The van der Waals surface area contributed by atoms with Crippen LogP contribution < -0.4 is 15.0 Å². The predicted octanol–water partition coefficient (Wildman–Crippen LogP) is 2.25. The standard InChI is InChI=1S/C20H19N3O4/c1-13-6-8-23(15-4-5-16-17(9-15)27-12-26-16)20(25)18(13)19(24)22-7-2-3-14(10-21)11-22/h4-6,8-9,14H,2-3,7,11-12H2,1H3. The number of pyridine rings is 1. The normalized spacial score (nSPS) is 18.2. The number of aromatic nitrogens is 1. The number of carbonyl (C=O) groups is 1. The molecule has 1 aromatic heterocycles. The fourth-order valence-corrected chi connectivity index (χ4v) is 3.55. The Balaban J connectivity index is 1.72. The van der Waals surface area contributed by atoms with Crippen LogP contribution in [0, 0.1) is 24.2 Å². The Morgan fingerprint density at radius 2 is 2.07 bits per heavy atom. The Morgan fingerprint density at radius 1 is 1.26 bits per heavy atom. The molecule has 0 saturated carbocycles. The third-order valence-corrected chi connectivity index (χ3v) is 5.04. The summed E-state index contributed by atoms with van der Waals surface area (Å²) in [5.74, 6) is 0.710. The Kier molecular flexibility index (Phi) is 4.32. The molecule has 1 unspecified atom stereocenters. The summed E-state index contributed by atoms with van der Waals surface area (Å²) in [5.41, 5.74) is 1.000. The van der Waals surface area contributed by atoms with E-state index in [1.165, 1.54) is 4.57 Å². The number of nitrogens with zero attached hydrogens (tertiary/aromatic N) is 3. The van der Waals surface area contributed by atoms with E-state index < -0.39 is 0 Å². The van der Waals surface area contributed by atoms with Crippen LogP contribution in [-0.4, -0.2) is 35.3 Å². The Labute approximate surface area is 156 Å². The number of amides is 1. The molecule has 0 N–H and O–H groups in total. The van der Waals surface area contributed by atoms with Crippen molar-refractivity contribution >= 4 is 5.91 Å². The number of fused-ring (bicyclic) bond motifs is 1. The van der Waals surface area contributed by atoms with E-state index >= 15 is 0 Å². The minimum Gasteiger partial charge on any atom is -0.454 e. The maximum absolute atomic E-state index is 13.1. The SMILES string of the molecule is Cc1ccn(-c2ccc3c(c2)OCO3)c(=O)c1C(=O)N1CCCC(C#N)C1. The van der Waals surface area contributed by atoms with Crippen LogP contribution in [0.3, 0.4) is 0 Å². The largest absolute Gasteiger partial charge is 0.454 e. The molecule has 1 aromatic carbocycles. The molecule has 1 fully saturated rings. The lowest BCUT2D eigenvalue weighted by Crippen LogP contribution is -2.42. The average Bonchev–Trinajstić information content (AvgIpc) is 3.16. The van der Waals surface area contributed by atoms with Gasteiger partial charge in [0.05, 0.1) is 17.7 Å². The van der Waals surface area contributed by atoms with Gasteiger partial charge >= 0.3 is 0 Å². The van der Waals surface area contributed by atoms with Crippen molar-refractivity contribution in [3.8, 4) is 23.3 Å². The summed E-state index contributed by atoms with van der Waals surface area (Å²) in [4.78, 5) is 27.8. The lowest BCUT2D eigenvalue weighted by Gasteiger charge is -2.30. The van der Waals surface area contributed by atoms with Crippen LogP contribution in [0.1, 0.15) is 28.8 Å². The van der Waals surface area contributed by atoms with Gasteiger partial charge in [0.1, 0.15) is 5.56 Å². The highest BCUT2D eigenvalue weighted by Crippen LogP contribution is 2.33. The van der Waals surface area contributed by atoms with Crippen molar-refractivity contribution in [3.05, 3.63) is 51.9 Å². The fraction of sp³-hybridized carbons (Fsp3) is 0.350. The van der Waals surface area contributed by atoms with Gasteiger partial charge in [-0.3, -0.25) is 14.2 Å². The first-order valence-corrected chi connectivity index (χ1v) is 8.89. The van der Waals surface area contributed by atoms with Crippen LogP contribution >= 0.6 is 0 Å². The van der Waals surface area contributed by atoms with Gasteiger partial charge in [-0.25, -0.2) is 0 Å². The molecule has 4 rings (SSSR count). The number of nitriles is 1. The van der Waals surface area contributed by atoms with Gasteiger partial charge in [-0.15, -0.1) is 0 Å². The molecule has 1 amide bonds. The van der Waals surface area contributed by atoms with Gasteiger partial charge in [-0.2, -0.15) is 5.26 Å². The molecular weight excluding hydrogens is 346 g/mol. The summed E-state index contributed by atoms with van der Waals surface area (Å²) >= 11 is 0. The maximum Gasteiger partial charge on any atom is 0.268 e. The molecule has 3 heterocycles. The number of piperidine rings is 1. The second-order valence-corrected chi connectivity index (χ2v) is 6.81. The first kappa shape index (κ1) is 17.2. The molecule has 0 spiro atoms. The number of rotatable bonds is 2. The summed E-state index contributed by atoms with van der Waals surface area (Å²) in [6.07, 6.45) is 3.21. The summed E-state index contributed by atoms with van der Waals surface area (Å²) in [5, 5.41) is 9.16. The third-order valence-electron chi connectivity index (χ3n) is 5.04. The zero-order chi connectivity index (χ0) is 19.0. The first-order valence-electron chi connectivity index (χ1n) is 8.89. The molecule has 7 heteroatoms. The van der Waals surface area contributed by atoms with E-state index in [0.29, 0.717) is 35.8 Å². The van der Waals surface area contributed by atoms with Crippen LogP contribution in [0.15, 0.2) is 35.3 Å². The Bertz CT molecular complexity index is 1010. The molecule has 138 valence electrons. The monoisotopic (exact) mass is 365 g/mol. The molecule has 1 saturated heterocycles. The van der Waals surface area contributed by atoms with Crippen LogP contribution in [-0.2, 0) is 0 Å². The summed E-state index contributed by atoms with van der Waals surface area (Å²) in [6.45, 7) is 2.84. The lowest BCUT2D eigenvalue weighted by atomic mass is 9.98. The number of hydrogen-bond donors (Lipinski definition) is 0. The molecule has 2 aliphatic heterocycles. The van der Waals surface area contributed by atoms with Gasteiger partial charge in [-0.05, 0) is 43.5 Å². The van der Waals surface area contributed by atoms with E-state index in [1.54, 1.807) is 42.3 Å². The second kappa shape index (κ2) is 6.80. The van der Waals surface area contributed by atoms with E-state index in [0.717, 1.165) is 12.8 Å². The highest BCUT2D eigenvalue weighted by Gasteiger charge is 2.27. The summed E-state index contributed by atoms with van der Waals surface area (Å²) in [7, 11) is 0. The van der Waals surface area contributed by atoms with Gasteiger partial charge in [0, 0.05) is 25.4 Å². The molecule has 7 nitrogen and oxygen atoms in total. The van der Waals surface area contributed by atoms with Crippen LogP contribution in [0.2, 0.25) is 0 Å². The Morgan fingerprint density at radius 3 is 2.89 bits per heavy atom. The minimum atomic E-state index is -0.377. The predicted molar refractivity (Wildman–Crippen MR) is 97.1 cm³/mol. The molecule has 1 atom stereocenters. The van der Waals surface area contributed by atoms with Gasteiger partial charge in [0.15, 0.2) is 11.5 Å². The number of ether oxygens (including phenoxy) is 2. The molecule has 27 heavy (non-hydrogen) atoms. The molecule has 2 aliphatic rings. The maximum atomic E-state index is 13.1. The van der Waals surface area contributed by atoms with Crippen molar-refractivity contribution < 1.29 is 14.3 Å². The van der Waals surface area contributed by atoms with Crippen molar-refractivity contribution in [2.75, 3.05) is 19.9 Å². The number of likely N-dealkylation sites (tertiary alicyclic amines) is 1. The summed E-state index contributed by atoms with van der Waals surface area (Å²) in [6, 6.07) is 9.20. The van der Waals surface area contributed by atoms with E-state index in [9.17, 15) is 9.59 Å². The van der Waals surface area contributed by atoms with E-state index in [2.05, 4.69) is 6.07 Å². The van der Waals surface area contributed by atoms with E-state index in [1.807, 2.05) is 0 Å². The molecule has 2 aromatic rings. The number of hydrogen-bond acceptors (Lipinski definition) is 5.